The average Bonchev–Trinajstić information content (AvgIpc) is 2.64. The third-order valence-corrected chi connectivity index (χ3v) is 4.29. The van der Waals surface area contributed by atoms with Gasteiger partial charge in [0.15, 0.2) is 0 Å². The molecular formula is C7H13N3O4S2. The first-order valence-electron chi connectivity index (χ1n) is 4.41. The SMILES string of the molecule is CS(=O)(=O)CCS(=O)(=O)NCc1cnc[nH]1. The van der Waals surface area contributed by atoms with Crippen molar-refractivity contribution in [2.24, 2.45) is 0 Å². The van der Waals surface area contributed by atoms with Crippen molar-refractivity contribution in [1.29, 1.82) is 0 Å². The molecule has 2 N–H and O–H groups in total. The summed E-state index contributed by atoms with van der Waals surface area (Å²) in [6.45, 7) is 0.0755. The van der Waals surface area contributed by atoms with Crippen molar-refractivity contribution >= 4 is 19.9 Å². The highest BCUT2D eigenvalue weighted by atomic mass is 32.2. The molecule has 1 aromatic rings. The maximum Gasteiger partial charge on any atom is 0.212 e. The van der Waals surface area contributed by atoms with Crippen LogP contribution in [0.4, 0.5) is 0 Å². The topological polar surface area (TPSA) is 109 Å². The largest absolute Gasteiger partial charge is 0.347 e. The number of H-pyrrole nitrogens is 1. The first kappa shape index (κ1) is 13.1. The zero-order valence-corrected chi connectivity index (χ0v) is 10.3. The summed E-state index contributed by atoms with van der Waals surface area (Å²) >= 11 is 0. The number of imidazole rings is 1. The van der Waals surface area contributed by atoms with Gasteiger partial charge in [0.2, 0.25) is 10.0 Å². The Morgan fingerprint density at radius 3 is 2.50 bits per heavy atom. The zero-order chi connectivity index (χ0) is 12.2. The van der Waals surface area contributed by atoms with Gasteiger partial charge in [-0.25, -0.2) is 26.5 Å². The van der Waals surface area contributed by atoms with E-state index in [-0.39, 0.29) is 12.3 Å². The molecule has 0 aromatic carbocycles. The van der Waals surface area contributed by atoms with Gasteiger partial charge in [-0.2, -0.15) is 0 Å². The zero-order valence-electron chi connectivity index (χ0n) is 8.67. The van der Waals surface area contributed by atoms with E-state index in [0.717, 1.165) is 6.26 Å². The smallest absolute Gasteiger partial charge is 0.212 e. The molecule has 0 saturated heterocycles. The van der Waals surface area contributed by atoms with Gasteiger partial charge >= 0.3 is 0 Å². The summed E-state index contributed by atoms with van der Waals surface area (Å²) in [5.41, 5.74) is 0.614. The van der Waals surface area contributed by atoms with Crippen LogP contribution in [0, 0.1) is 0 Å². The predicted molar refractivity (Wildman–Crippen MR) is 58.9 cm³/mol. The van der Waals surface area contributed by atoms with Crippen molar-refractivity contribution in [2.45, 2.75) is 6.54 Å². The van der Waals surface area contributed by atoms with Crippen LogP contribution in [0.3, 0.4) is 0 Å². The van der Waals surface area contributed by atoms with E-state index in [2.05, 4.69) is 14.7 Å². The van der Waals surface area contributed by atoms with Crippen molar-refractivity contribution in [3.63, 3.8) is 0 Å². The number of aromatic amines is 1. The minimum absolute atomic E-state index is 0.0755. The van der Waals surface area contributed by atoms with Crippen LogP contribution in [-0.4, -0.2) is 44.6 Å². The lowest BCUT2D eigenvalue weighted by Crippen LogP contribution is -2.29. The minimum atomic E-state index is -3.57. The molecule has 9 heteroatoms. The van der Waals surface area contributed by atoms with Gasteiger partial charge in [0, 0.05) is 18.1 Å². The summed E-state index contributed by atoms with van der Waals surface area (Å²) in [5, 5.41) is 0. The minimum Gasteiger partial charge on any atom is -0.347 e. The van der Waals surface area contributed by atoms with Crippen LogP contribution in [0.5, 0.6) is 0 Å². The van der Waals surface area contributed by atoms with Crippen molar-refractivity contribution in [3.8, 4) is 0 Å². The van der Waals surface area contributed by atoms with Crippen LogP contribution in [0.1, 0.15) is 5.69 Å². The monoisotopic (exact) mass is 267 g/mol. The van der Waals surface area contributed by atoms with Crippen LogP contribution in [0.15, 0.2) is 12.5 Å². The molecule has 0 amide bonds. The van der Waals surface area contributed by atoms with Crippen LogP contribution < -0.4 is 4.72 Å². The summed E-state index contributed by atoms with van der Waals surface area (Å²) in [5.74, 6) is -0.814. The van der Waals surface area contributed by atoms with E-state index in [9.17, 15) is 16.8 Å². The molecule has 16 heavy (non-hydrogen) atoms. The Hall–Kier alpha value is -0.930. The predicted octanol–water partition coefficient (Wildman–Crippen LogP) is -1.13. The molecule has 0 aliphatic carbocycles. The van der Waals surface area contributed by atoms with Gasteiger partial charge in [-0.3, -0.25) is 0 Å². The van der Waals surface area contributed by atoms with Gasteiger partial charge in [0.05, 0.1) is 24.4 Å². The standard InChI is InChI=1S/C7H13N3O4S2/c1-15(11,12)2-3-16(13,14)10-5-7-4-8-6-9-7/h4,6,10H,2-3,5H2,1H3,(H,8,9). The summed E-state index contributed by atoms with van der Waals surface area (Å²) in [7, 11) is -6.84. The lowest BCUT2D eigenvalue weighted by atomic mass is 10.5. The van der Waals surface area contributed by atoms with Crippen molar-refractivity contribution < 1.29 is 16.8 Å². The Kier molecular flexibility index (Phi) is 4.05. The van der Waals surface area contributed by atoms with Gasteiger partial charge in [-0.1, -0.05) is 0 Å². The van der Waals surface area contributed by atoms with E-state index in [4.69, 9.17) is 0 Å². The fourth-order valence-corrected chi connectivity index (χ4v) is 3.51. The molecule has 0 atom stereocenters. The lowest BCUT2D eigenvalue weighted by molar-refractivity contribution is 0.578. The Morgan fingerprint density at radius 1 is 1.31 bits per heavy atom. The molecule has 0 unspecified atom stereocenters. The second kappa shape index (κ2) is 4.93. The highest BCUT2D eigenvalue weighted by Crippen LogP contribution is 1.94. The first-order chi connectivity index (χ1) is 7.29. The van der Waals surface area contributed by atoms with Crippen molar-refractivity contribution in [3.05, 3.63) is 18.2 Å². The van der Waals surface area contributed by atoms with Crippen LogP contribution in [-0.2, 0) is 26.4 Å². The van der Waals surface area contributed by atoms with Crippen LogP contribution in [0.25, 0.3) is 0 Å². The number of aromatic nitrogens is 2. The molecule has 0 spiro atoms. The number of hydrogen-bond donors (Lipinski definition) is 2. The van der Waals surface area contributed by atoms with E-state index in [1.165, 1.54) is 12.5 Å². The fourth-order valence-electron chi connectivity index (χ4n) is 0.902. The summed E-state index contributed by atoms with van der Waals surface area (Å²) in [6.07, 6.45) is 3.91. The highest BCUT2D eigenvalue weighted by molar-refractivity contribution is 7.93. The first-order valence-corrected chi connectivity index (χ1v) is 8.12. The fraction of sp³-hybridized carbons (Fsp3) is 0.571. The Morgan fingerprint density at radius 2 is 2.00 bits per heavy atom. The Labute approximate surface area is 94.3 Å². The Bertz CT molecular complexity index is 518. The van der Waals surface area contributed by atoms with E-state index in [0.29, 0.717) is 5.69 Å². The molecular weight excluding hydrogens is 254 g/mol. The number of nitrogens with one attached hydrogen (secondary N) is 2. The molecule has 1 aromatic heterocycles. The maximum absolute atomic E-state index is 11.4. The maximum atomic E-state index is 11.4. The average molecular weight is 267 g/mol. The lowest BCUT2D eigenvalue weighted by Gasteiger charge is -2.04. The molecule has 0 radical (unpaired) electrons. The van der Waals surface area contributed by atoms with Gasteiger partial charge in [0.1, 0.15) is 9.84 Å². The van der Waals surface area contributed by atoms with Crippen molar-refractivity contribution in [1.82, 2.24) is 14.7 Å². The third kappa shape index (κ3) is 5.24. The van der Waals surface area contributed by atoms with E-state index >= 15 is 0 Å². The third-order valence-electron chi connectivity index (χ3n) is 1.76. The van der Waals surface area contributed by atoms with Crippen LogP contribution >= 0.6 is 0 Å². The van der Waals surface area contributed by atoms with Crippen LogP contribution in [0.2, 0.25) is 0 Å². The van der Waals surface area contributed by atoms with Gasteiger partial charge < -0.3 is 4.98 Å². The number of rotatable bonds is 6. The number of sulfone groups is 1. The molecule has 0 bridgehead atoms. The molecule has 92 valence electrons. The highest BCUT2D eigenvalue weighted by Gasteiger charge is 2.14. The van der Waals surface area contributed by atoms with Gasteiger partial charge in [0.25, 0.3) is 0 Å². The molecule has 0 aliphatic heterocycles. The molecule has 0 aliphatic rings. The van der Waals surface area contributed by atoms with E-state index < -0.39 is 25.6 Å². The molecule has 0 fully saturated rings. The van der Waals surface area contributed by atoms with E-state index in [1.54, 1.807) is 0 Å². The molecule has 7 nitrogen and oxygen atoms in total. The Balaban J connectivity index is 2.47. The molecule has 1 heterocycles. The number of nitrogens with zero attached hydrogens (tertiary/aromatic N) is 1. The summed E-state index contributed by atoms with van der Waals surface area (Å²) in [4.78, 5) is 6.45. The second-order valence-corrected chi connectivity index (χ2v) is 7.53. The number of sulfonamides is 1. The van der Waals surface area contributed by atoms with Crippen molar-refractivity contribution in [2.75, 3.05) is 17.8 Å². The quantitative estimate of drug-likeness (QED) is 0.678. The molecule has 0 saturated carbocycles. The second-order valence-electron chi connectivity index (χ2n) is 3.35. The van der Waals surface area contributed by atoms with Gasteiger partial charge in [-0.15, -0.1) is 0 Å². The summed E-state index contributed by atoms with van der Waals surface area (Å²) < 4.78 is 46.6. The van der Waals surface area contributed by atoms with E-state index in [1.807, 2.05) is 0 Å². The number of hydrogen-bond acceptors (Lipinski definition) is 5. The normalized spacial score (nSPS) is 12.8. The van der Waals surface area contributed by atoms with Gasteiger partial charge in [-0.05, 0) is 0 Å². The summed E-state index contributed by atoms with van der Waals surface area (Å²) in [6, 6.07) is 0. The molecule has 1 rings (SSSR count).